The largest absolute Gasteiger partial charge is 0.480 e. The van der Waals surface area contributed by atoms with Gasteiger partial charge in [-0.25, -0.2) is 4.79 Å². The number of thioether (sulfide) groups is 1. The van der Waals surface area contributed by atoms with Crippen molar-refractivity contribution < 1.29 is 14.7 Å². The Bertz CT molecular complexity index is 329. The van der Waals surface area contributed by atoms with Gasteiger partial charge in [0.25, 0.3) is 0 Å². The normalized spacial score (nSPS) is 33.7. The highest BCUT2D eigenvalue weighted by Gasteiger charge is 2.43. The van der Waals surface area contributed by atoms with E-state index in [4.69, 9.17) is 5.11 Å². The van der Waals surface area contributed by atoms with Crippen molar-refractivity contribution in [2.45, 2.75) is 25.8 Å². The molecule has 2 saturated heterocycles. The molecular formula is C11H18N2O3S. The van der Waals surface area contributed by atoms with Crippen molar-refractivity contribution in [1.29, 1.82) is 0 Å². The van der Waals surface area contributed by atoms with Gasteiger partial charge in [0.2, 0.25) is 5.91 Å². The van der Waals surface area contributed by atoms with Crippen LogP contribution in [0, 0.1) is 5.41 Å². The fraction of sp³-hybridized carbons (Fsp3) is 0.818. The average Bonchev–Trinajstić information content (AvgIpc) is 2.77. The molecule has 0 bridgehead atoms. The number of carboxylic acids is 1. The first-order valence-corrected chi connectivity index (χ1v) is 7.02. The highest BCUT2D eigenvalue weighted by molar-refractivity contribution is 7.99. The Balaban J connectivity index is 2.10. The van der Waals surface area contributed by atoms with Crippen LogP contribution in [0.15, 0.2) is 0 Å². The van der Waals surface area contributed by atoms with Gasteiger partial charge in [0.1, 0.15) is 6.04 Å². The van der Waals surface area contributed by atoms with E-state index >= 15 is 0 Å². The molecule has 2 fully saturated rings. The van der Waals surface area contributed by atoms with Gasteiger partial charge in [0.15, 0.2) is 0 Å². The van der Waals surface area contributed by atoms with Crippen LogP contribution in [-0.2, 0) is 9.59 Å². The minimum atomic E-state index is -0.893. The summed E-state index contributed by atoms with van der Waals surface area (Å²) in [5.41, 5.74) is -0.434. The fourth-order valence-corrected chi connectivity index (χ4v) is 3.58. The predicted octanol–water partition coefficient (Wildman–Crippen LogP) is 0.362. The lowest BCUT2D eigenvalue weighted by molar-refractivity contribution is -0.152. The molecule has 17 heavy (non-hydrogen) atoms. The van der Waals surface area contributed by atoms with Gasteiger partial charge in [0.05, 0.1) is 11.3 Å². The van der Waals surface area contributed by atoms with E-state index in [0.29, 0.717) is 18.2 Å². The first-order valence-electron chi connectivity index (χ1n) is 5.87. The van der Waals surface area contributed by atoms with E-state index in [1.54, 1.807) is 0 Å². The van der Waals surface area contributed by atoms with Crippen LogP contribution in [0.25, 0.3) is 0 Å². The Labute approximate surface area is 105 Å². The zero-order valence-corrected chi connectivity index (χ0v) is 10.8. The smallest absolute Gasteiger partial charge is 0.327 e. The van der Waals surface area contributed by atoms with E-state index in [0.717, 1.165) is 19.4 Å². The lowest BCUT2D eigenvalue weighted by Gasteiger charge is -2.36. The number of aliphatic carboxylic acids is 1. The third kappa shape index (κ3) is 2.42. The van der Waals surface area contributed by atoms with Crippen molar-refractivity contribution in [3.05, 3.63) is 0 Å². The summed E-state index contributed by atoms with van der Waals surface area (Å²) in [4.78, 5) is 25.1. The maximum absolute atomic E-state index is 12.4. The summed E-state index contributed by atoms with van der Waals surface area (Å²) >= 11 is 1.51. The zero-order chi connectivity index (χ0) is 12.5. The number of hydrogen-bond donors (Lipinski definition) is 2. The van der Waals surface area contributed by atoms with Crippen LogP contribution in [0.3, 0.4) is 0 Å². The van der Waals surface area contributed by atoms with Gasteiger partial charge in [-0.15, -0.1) is 11.8 Å². The number of hydrogen-bond acceptors (Lipinski definition) is 4. The number of carboxylic acid groups (broad SMARTS) is 1. The summed E-state index contributed by atoms with van der Waals surface area (Å²) in [6.45, 7) is 3.53. The second-order valence-corrected chi connectivity index (χ2v) is 5.97. The highest BCUT2D eigenvalue weighted by Crippen LogP contribution is 2.32. The first-order chi connectivity index (χ1) is 8.04. The topological polar surface area (TPSA) is 69.6 Å². The van der Waals surface area contributed by atoms with Gasteiger partial charge in [-0.3, -0.25) is 4.79 Å². The third-order valence-corrected chi connectivity index (χ3v) is 4.55. The first kappa shape index (κ1) is 12.7. The van der Waals surface area contributed by atoms with Gasteiger partial charge in [0, 0.05) is 12.3 Å². The molecule has 2 aliphatic heterocycles. The zero-order valence-electron chi connectivity index (χ0n) is 9.94. The predicted molar refractivity (Wildman–Crippen MR) is 65.8 cm³/mol. The Kier molecular flexibility index (Phi) is 3.63. The summed E-state index contributed by atoms with van der Waals surface area (Å²) < 4.78 is 0. The average molecular weight is 258 g/mol. The number of carbonyl (C=O) groups excluding carboxylic acids is 1. The second kappa shape index (κ2) is 4.86. The molecule has 2 atom stereocenters. The molecule has 0 aromatic heterocycles. The summed E-state index contributed by atoms with van der Waals surface area (Å²) in [6.07, 6.45) is 1.81. The van der Waals surface area contributed by atoms with Crippen molar-refractivity contribution in [2.24, 2.45) is 5.41 Å². The van der Waals surface area contributed by atoms with Crippen LogP contribution in [0.2, 0.25) is 0 Å². The number of carbonyl (C=O) groups is 2. The molecule has 1 amide bonds. The summed E-state index contributed by atoms with van der Waals surface area (Å²) in [6, 6.07) is -0.647. The molecule has 2 aliphatic rings. The number of nitrogens with one attached hydrogen (secondary N) is 1. The van der Waals surface area contributed by atoms with E-state index in [1.807, 2.05) is 6.92 Å². The number of piperidine rings is 1. The lowest BCUT2D eigenvalue weighted by Crippen LogP contribution is -2.53. The molecule has 0 spiro atoms. The Morgan fingerprint density at radius 1 is 1.53 bits per heavy atom. The molecule has 0 aromatic rings. The maximum atomic E-state index is 12.4. The standard InChI is InChI=1S/C11H18N2O3S/c1-11(3-2-4-12-6-11)10(16)13-7-17-5-8(13)9(14)15/h8,12H,2-7H2,1H3,(H,14,15)/t8-,11?/m0/s1. The fourth-order valence-electron chi connectivity index (χ4n) is 2.43. The second-order valence-electron chi connectivity index (χ2n) is 4.97. The molecule has 0 aliphatic carbocycles. The molecule has 2 rings (SSSR count). The van der Waals surface area contributed by atoms with Crippen molar-refractivity contribution in [1.82, 2.24) is 10.2 Å². The molecule has 0 aromatic carbocycles. The number of rotatable bonds is 2. The van der Waals surface area contributed by atoms with Crippen LogP contribution >= 0.6 is 11.8 Å². The van der Waals surface area contributed by atoms with E-state index < -0.39 is 17.4 Å². The molecule has 2 heterocycles. The van der Waals surface area contributed by atoms with E-state index in [9.17, 15) is 9.59 Å². The van der Waals surface area contributed by atoms with Crippen molar-refractivity contribution >= 4 is 23.6 Å². The molecule has 1 unspecified atom stereocenters. The Hall–Kier alpha value is -0.750. The monoisotopic (exact) mass is 258 g/mol. The van der Waals surface area contributed by atoms with Crippen LogP contribution in [0.1, 0.15) is 19.8 Å². The van der Waals surface area contributed by atoms with Crippen LogP contribution in [0.5, 0.6) is 0 Å². The minimum absolute atomic E-state index is 0.0119. The third-order valence-electron chi connectivity index (χ3n) is 3.54. The summed E-state index contributed by atoms with van der Waals surface area (Å²) in [5.74, 6) is 0.105. The highest BCUT2D eigenvalue weighted by atomic mass is 32.2. The van der Waals surface area contributed by atoms with E-state index in [1.165, 1.54) is 16.7 Å². The molecule has 0 saturated carbocycles. The van der Waals surface area contributed by atoms with Crippen LogP contribution in [0.4, 0.5) is 0 Å². The SMILES string of the molecule is CC1(C(=O)N2CSC[C@H]2C(=O)O)CCCNC1. The van der Waals surface area contributed by atoms with Gasteiger partial charge >= 0.3 is 5.97 Å². The molecule has 2 N–H and O–H groups in total. The van der Waals surface area contributed by atoms with E-state index in [2.05, 4.69) is 5.32 Å². The van der Waals surface area contributed by atoms with Crippen LogP contribution in [-0.4, -0.2) is 52.6 Å². The quantitative estimate of drug-likeness (QED) is 0.748. The Morgan fingerprint density at radius 2 is 2.29 bits per heavy atom. The molecule has 96 valence electrons. The summed E-state index contributed by atoms with van der Waals surface area (Å²) in [7, 11) is 0. The van der Waals surface area contributed by atoms with Gasteiger partial charge in [-0.1, -0.05) is 0 Å². The molecule has 0 radical (unpaired) electrons. The van der Waals surface area contributed by atoms with Gasteiger partial charge in [-0.2, -0.15) is 0 Å². The summed E-state index contributed by atoms with van der Waals surface area (Å²) in [5, 5.41) is 12.3. The lowest BCUT2D eigenvalue weighted by atomic mass is 9.81. The Morgan fingerprint density at radius 3 is 2.88 bits per heavy atom. The van der Waals surface area contributed by atoms with Crippen molar-refractivity contribution in [3.8, 4) is 0 Å². The number of nitrogens with zero attached hydrogens (tertiary/aromatic N) is 1. The van der Waals surface area contributed by atoms with E-state index in [-0.39, 0.29) is 5.91 Å². The van der Waals surface area contributed by atoms with Gasteiger partial charge < -0.3 is 15.3 Å². The molecule has 6 heteroatoms. The molecular weight excluding hydrogens is 240 g/mol. The minimum Gasteiger partial charge on any atom is -0.480 e. The van der Waals surface area contributed by atoms with Crippen LogP contribution < -0.4 is 5.32 Å². The maximum Gasteiger partial charge on any atom is 0.327 e. The van der Waals surface area contributed by atoms with Crippen molar-refractivity contribution in [3.63, 3.8) is 0 Å². The van der Waals surface area contributed by atoms with Crippen molar-refractivity contribution in [2.75, 3.05) is 24.7 Å². The molecule has 5 nitrogen and oxygen atoms in total. The number of amides is 1. The van der Waals surface area contributed by atoms with Gasteiger partial charge in [-0.05, 0) is 26.3 Å².